The molecule has 5 heteroatoms. The average Bonchev–Trinajstić information content (AvgIpc) is 2.31. The Morgan fingerprint density at radius 1 is 1.82 bits per heavy atom. The minimum Gasteiger partial charge on any atom is -0.372 e. The van der Waals surface area contributed by atoms with Gasteiger partial charge in [0.15, 0.2) is 0 Å². The minimum absolute atomic E-state index is 0.280. The minimum atomic E-state index is -0.660. The Hall–Kier alpha value is -1.36. The predicted molar refractivity (Wildman–Crippen MR) is 38.1 cm³/mol. The summed E-state index contributed by atoms with van der Waals surface area (Å²) in [4.78, 5) is 14.5. The molecule has 0 aliphatic carbocycles. The predicted octanol–water partition coefficient (Wildman–Crippen LogP) is -1.01. The third-order valence-corrected chi connectivity index (χ3v) is 1.61. The van der Waals surface area contributed by atoms with Crippen LogP contribution in [0.3, 0.4) is 0 Å². The van der Waals surface area contributed by atoms with Crippen molar-refractivity contribution in [2.24, 2.45) is 0 Å². The number of nitrogens with one attached hydrogen (secondary N) is 1. The Kier molecular flexibility index (Phi) is 1.19. The van der Waals surface area contributed by atoms with Crippen LogP contribution in [0.4, 0.5) is 5.82 Å². The smallest absolute Gasteiger partial charge is 0.349 e. The summed E-state index contributed by atoms with van der Waals surface area (Å²) in [7, 11) is 0. The fraction of sp³-hybridized carbons (Fsp3) is 0.333. The Labute approximate surface area is 62.3 Å². The zero-order valence-corrected chi connectivity index (χ0v) is 5.69. The Balaban J connectivity index is 2.58. The van der Waals surface area contributed by atoms with Gasteiger partial charge in [-0.3, -0.25) is 4.57 Å². The number of aromatic nitrogens is 2. The number of hydrogen-bond acceptors (Lipinski definition) is 4. The van der Waals surface area contributed by atoms with E-state index in [1.54, 1.807) is 6.07 Å². The zero-order valence-electron chi connectivity index (χ0n) is 5.69. The second-order valence-electron chi connectivity index (χ2n) is 2.38. The van der Waals surface area contributed by atoms with Crippen molar-refractivity contribution in [2.75, 3.05) is 5.32 Å². The van der Waals surface area contributed by atoms with E-state index >= 15 is 0 Å². The molecule has 0 saturated carbocycles. The topological polar surface area (TPSA) is 67.2 Å². The van der Waals surface area contributed by atoms with E-state index in [9.17, 15) is 4.79 Å². The van der Waals surface area contributed by atoms with Gasteiger partial charge in [0, 0.05) is 6.20 Å². The molecule has 0 bridgehead atoms. The lowest BCUT2D eigenvalue weighted by Crippen LogP contribution is -2.21. The molecule has 1 aliphatic heterocycles. The van der Waals surface area contributed by atoms with Gasteiger partial charge in [-0.05, 0) is 6.07 Å². The maximum Gasteiger partial charge on any atom is 0.349 e. The van der Waals surface area contributed by atoms with Crippen molar-refractivity contribution in [3.63, 3.8) is 0 Å². The van der Waals surface area contributed by atoms with Crippen LogP contribution in [0.1, 0.15) is 0 Å². The second-order valence-corrected chi connectivity index (χ2v) is 2.38. The van der Waals surface area contributed by atoms with E-state index in [1.165, 1.54) is 10.8 Å². The van der Waals surface area contributed by atoms with Gasteiger partial charge in [-0.25, -0.2) is 9.78 Å². The third kappa shape index (κ3) is 0.894. The molecule has 0 radical (unpaired) electrons. The highest BCUT2D eigenvalue weighted by Gasteiger charge is 2.17. The van der Waals surface area contributed by atoms with Gasteiger partial charge >= 0.3 is 5.69 Å². The molecule has 0 fully saturated rings. The molecular formula is C6H7N3O2. The van der Waals surface area contributed by atoms with Crippen molar-refractivity contribution in [1.82, 2.24) is 9.55 Å². The highest BCUT2D eigenvalue weighted by molar-refractivity contribution is 5.37. The SMILES string of the molecule is O=c1nccc2n1CC(O)N2. The second kappa shape index (κ2) is 2.06. The van der Waals surface area contributed by atoms with Crippen LogP contribution in [0.5, 0.6) is 0 Å². The fourth-order valence-corrected chi connectivity index (χ4v) is 1.13. The van der Waals surface area contributed by atoms with E-state index < -0.39 is 6.23 Å². The van der Waals surface area contributed by atoms with Crippen molar-refractivity contribution in [1.29, 1.82) is 0 Å². The number of anilines is 1. The number of hydrogen-bond donors (Lipinski definition) is 2. The standard InChI is InChI=1S/C6H7N3O2/c10-5-3-9-4(8-5)1-2-7-6(9)11/h1-2,5,8,10H,3H2. The summed E-state index contributed by atoms with van der Waals surface area (Å²) in [6.45, 7) is 0.280. The molecule has 2 rings (SSSR count). The van der Waals surface area contributed by atoms with Crippen LogP contribution in [0.2, 0.25) is 0 Å². The van der Waals surface area contributed by atoms with Crippen molar-refractivity contribution in [2.45, 2.75) is 12.8 Å². The van der Waals surface area contributed by atoms with Gasteiger partial charge in [0.1, 0.15) is 12.0 Å². The largest absolute Gasteiger partial charge is 0.372 e. The van der Waals surface area contributed by atoms with Gasteiger partial charge < -0.3 is 10.4 Å². The van der Waals surface area contributed by atoms with Gasteiger partial charge in [-0.15, -0.1) is 0 Å². The monoisotopic (exact) mass is 153 g/mol. The Morgan fingerprint density at radius 3 is 3.36 bits per heavy atom. The first-order valence-corrected chi connectivity index (χ1v) is 3.28. The van der Waals surface area contributed by atoms with E-state index in [0.717, 1.165) is 0 Å². The highest BCUT2D eigenvalue weighted by Crippen LogP contribution is 2.11. The van der Waals surface area contributed by atoms with Gasteiger partial charge in [0.05, 0.1) is 6.54 Å². The van der Waals surface area contributed by atoms with Crippen molar-refractivity contribution >= 4 is 5.82 Å². The first kappa shape index (κ1) is 6.36. The molecule has 0 saturated heterocycles. The number of aliphatic hydroxyl groups is 1. The van der Waals surface area contributed by atoms with E-state index in [2.05, 4.69) is 10.3 Å². The lowest BCUT2D eigenvalue weighted by atomic mass is 10.6. The summed E-state index contributed by atoms with van der Waals surface area (Å²) >= 11 is 0. The van der Waals surface area contributed by atoms with Crippen molar-refractivity contribution in [3.05, 3.63) is 22.7 Å². The summed E-state index contributed by atoms with van der Waals surface area (Å²) in [5.41, 5.74) is -0.327. The molecular weight excluding hydrogens is 146 g/mol. The van der Waals surface area contributed by atoms with Crippen molar-refractivity contribution in [3.8, 4) is 0 Å². The van der Waals surface area contributed by atoms with Crippen LogP contribution in [0, 0.1) is 0 Å². The molecule has 1 aromatic rings. The maximum absolute atomic E-state index is 11.0. The number of nitrogens with zero attached hydrogens (tertiary/aromatic N) is 2. The first-order chi connectivity index (χ1) is 5.27. The van der Waals surface area contributed by atoms with Crippen LogP contribution in [-0.4, -0.2) is 20.9 Å². The summed E-state index contributed by atoms with van der Waals surface area (Å²) in [6.07, 6.45) is 0.756. The molecule has 1 atom stereocenters. The van der Waals surface area contributed by atoms with Crippen LogP contribution in [-0.2, 0) is 6.54 Å². The molecule has 11 heavy (non-hydrogen) atoms. The van der Waals surface area contributed by atoms with E-state index in [0.29, 0.717) is 5.82 Å². The molecule has 1 aliphatic rings. The summed E-state index contributed by atoms with van der Waals surface area (Å²) in [5.74, 6) is 0.623. The first-order valence-electron chi connectivity index (χ1n) is 3.28. The maximum atomic E-state index is 11.0. The molecule has 1 aromatic heterocycles. The van der Waals surface area contributed by atoms with Crippen LogP contribution < -0.4 is 11.0 Å². The zero-order chi connectivity index (χ0) is 7.84. The lowest BCUT2D eigenvalue weighted by molar-refractivity contribution is 0.197. The normalized spacial score (nSPS) is 21.0. The molecule has 2 heterocycles. The lowest BCUT2D eigenvalue weighted by Gasteiger charge is -1.97. The Bertz CT molecular complexity index is 333. The number of fused-ring (bicyclic) bond motifs is 1. The molecule has 0 aromatic carbocycles. The molecule has 0 spiro atoms. The summed E-state index contributed by atoms with van der Waals surface area (Å²) in [5, 5.41) is 11.8. The summed E-state index contributed by atoms with van der Waals surface area (Å²) < 4.78 is 1.39. The highest BCUT2D eigenvalue weighted by atomic mass is 16.3. The molecule has 5 nitrogen and oxygen atoms in total. The number of rotatable bonds is 0. The molecule has 1 unspecified atom stereocenters. The molecule has 0 amide bonds. The van der Waals surface area contributed by atoms with Crippen LogP contribution in [0.15, 0.2) is 17.1 Å². The summed E-state index contributed by atoms with van der Waals surface area (Å²) in [6, 6.07) is 1.65. The fourth-order valence-electron chi connectivity index (χ4n) is 1.13. The van der Waals surface area contributed by atoms with Crippen LogP contribution >= 0.6 is 0 Å². The Morgan fingerprint density at radius 2 is 2.64 bits per heavy atom. The quantitative estimate of drug-likeness (QED) is 0.501. The van der Waals surface area contributed by atoms with Gasteiger partial charge in [0.2, 0.25) is 0 Å². The van der Waals surface area contributed by atoms with Crippen LogP contribution in [0.25, 0.3) is 0 Å². The molecule has 2 N–H and O–H groups in total. The van der Waals surface area contributed by atoms with Crippen molar-refractivity contribution < 1.29 is 5.11 Å². The van der Waals surface area contributed by atoms with Gasteiger partial charge in [-0.1, -0.05) is 0 Å². The van der Waals surface area contributed by atoms with E-state index in [4.69, 9.17) is 5.11 Å². The van der Waals surface area contributed by atoms with Gasteiger partial charge in [0.25, 0.3) is 0 Å². The van der Waals surface area contributed by atoms with E-state index in [-0.39, 0.29) is 12.2 Å². The third-order valence-electron chi connectivity index (χ3n) is 1.61. The van der Waals surface area contributed by atoms with E-state index in [1.807, 2.05) is 0 Å². The average molecular weight is 153 g/mol. The molecule has 58 valence electrons. The number of aliphatic hydroxyl groups excluding tert-OH is 1. The van der Waals surface area contributed by atoms with Gasteiger partial charge in [-0.2, -0.15) is 0 Å².